The van der Waals surface area contributed by atoms with Gasteiger partial charge in [0, 0.05) is 8.07 Å². The maximum Gasteiger partial charge on any atom is 4.00 e. The minimum absolute atomic E-state index is 0. The number of hydrogen-bond acceptors (Lipinski definition) is 0. The Morgan fingerprint density at radius 2 is 0.783 bits per heavy atom. The van der Waals surface area contributed by atoms with E-state index in [1.165, 1.54) is 139 Å². The van der Waals surface area contributed by atoms with Crippen LogP contribution in [0.25, 0.3) is 66.1 Å². The van der Waals surface area contributed by atoms with Gasteiger partial charge in [-0.1, -0.05) is 221 Å². The predicted octanol–water partition coefficient (Wildman–Crippen LogP) is 9.17. The van der Waals surface area contributed by atoms with Crippen LogP contribution in [0.2, 0.25) is 13.1 Å². The fraction of sp³-hybridized carbons (Fsp3) is 0.250. The molecule has 4 heteroatoms. The van der Waals surface area contributed by atoms with E-state index >= 15 is 0 Å². The van der Waals surface area contributed by atoms with Gasteiger partial charge in [-0.05, 0) is 47.9 Å². The van der Waals surface area contributed by atoms with E-state index in [9.17, 15) is 0 Å². The Balaban J connectivity index is 0.00000228. The van der Waals surface area contributed by atoms with Gasteiger partial charge in [0.25, 0.3) is 0 Å². The minimum atomic E-state index is -2.54. The first kappa shape index (κ1) is 47.3. The molecule has 0 spiro atoms. The quantitative estimate of drug-likeness (QED) is 0.0516. The summed E-state index contributed by atoms with van der Waals surface area (Å²) in [7, 11) is -2.54. The molecule has 0 saturated carbocycles. The standard InChI is InChI=1S/C56H58Si.2ClH.Zr/c1-5-7-9-13-21-41-31-35-45(36-32-41)49-29-19-27-47-39-51(43-23-15-11-16-24-43)55(53(47)49)57(3,4)56-52(44-25-17-12-18-26-44)40-48-28-20-30-50(54(48)56)46-37-33-42(34-38-46)22-14-10-8-6-2;;;/h11-12,15-20,23-40H,5-10,13-14,21-22H2,1-4H3;2*1H;/q-2;;;+4/p-2. The summed E-state index contributed by atoms with van der Waals surface area (Å²) in [6.45, 7) is 9.83. The smallest absolute Gasteiger partial charge is 1.00 e. The molecule has 0 nitrogen and oxygen atoms in total. The van der Waals surface area contributed by atoms with Gasteiger partial charge in [-0.15, -0.1) is 67.3 Å². The second-order valence-electron chi connectivity index (χ2n) is 16.8. The SMILES string of the molecule is CCCCCCc1ccc(-c2cccc3[cH-]c(-c4ccccc4)c([Si](C)(C)c4c(-c5ccccc5)[cH-]c5cccc(-c6ccc(CCCCCC)cc6)c45)c23)cc1.[Cl-].[Cl-].[Zr+4]. The van der Waals surface area contributed by atoms with Gasteiger partial charge < -0.3 is 24.8 Å². The molecule has 0 radical (unpaired) electrons. The zero-order valence-corrected chi connectivity index (χ0v) is 40.8. The summed E-state index contributed by atoms with van der Waals surface area (Å²) in [6.07, 6.45) is 12.6. The molecule has 60 heavy (non-hydrogen) atoms. The molecule has 0 aromatic heterocycles. The van der Waals surface area contributed by atoms with Gasteiger partial charge in [-0.2, -0.15) is 0 Å². The maximum atomic E-state index is 2.63. The maximum absolute atomic E-state index is 2.63. The van der Waals surface area contributed by atoms with Gasteiger partial charge in [0.2, 0.25) is 0 Å². The van der Waals surface area contributed by atoms with E-state index in [1.807, 2.05) is 0 Å². The molecule has 0 aliphatic carbocycles. The normalized spacial score (nSPS) is 11.3. The average molecular weight is 921 g/mol. The van der Waals surface area contributed by atoms with Gasteiger partial charge in [0.15, 0.2) is 0 Å². The summed E-state index contributed by atoms with van der Waals surface area (Å²) in [5, 5.41) is 8.56. The molecule has 304 valence electrons. The zero-order chi connectivity index (χ0) is 39.2. The van der Waals surface area contributed by atoms with Crippen LogP contribution in [0.1, 0.15) is 76.3 Å². The van der Waals surface area contributed by atoms with E-state index in [2.05, 4.69) is 185 Å². The Labute approximate surface area is 392 Å². The van der Waals surface area contributed by atoms with Crippen LogP contribution < -0.4 is 35.2 Å². The third kappa shape index (κ3) is 9.95. The van der Waals surface area contributed by atoms with Crippen molar-refractivity contribution in [3.63, 3.8) is 0 Å². The number of benzene rings is 6. The summed E-state index contributed by atoms with van der Waals surface area (Å²) in [6, 6.07) is 60.3. The molecule has 0 fully saturated rings. The van der Waals surface area contributed by atoms with Crippen molar-refractivity contribution in [3.8, 4) is 44.5 Å². The Hall–Kier alpha value is -3.78. The van der Waals surface area contributed by atoms with E-state index in [4.69, 9.17) is 0 Å². The summed E-state index contributed by atoms with van der Waals surface area (Å²) < 4.78 is 0. The average Bonchev–Trinajstić information content (AvgIpc) is 3.86. The summed E-state index contributed by atoms with van der Waals surface area (Å²) in [5.74, 6) is 0. The first-order chi connectivity index (χ1) is 28.0. The molecule has 0 amide bonds. The van der Waals surface area contributed by atoms with Crippen LogP contribution in [0.3, 0.4) is 0 Å². The molecule has 0 unspecified atom stereocenters. The van der Waals surface area contributed by atoms with Crippen LogP contribution in [0.5, 0.6) is 0 Å². The number of rotatable bonds is 16. The molecule has 0 aliphatic heterocycles. The van der Waals surface area contributed by atoms with Crippen LogP contribution >= 0.6 is 0 Å². The van der Waals surface area contributed by atoms with Crippen molar-refractivity contribution in [2.45, 2.75) is 91.1 Å². The zero-order valence-electron chi connectivity index (χ0n) is 35.8. The van der Waals surface area contributed by atoms with Gasteiger partial charge in [0.1, 0.15) is 0 Å². The molecule has 0 bridgehead atoms. The van der Waals surface area contributed by atoms with Gasteiger partial charge in [-0.25, -0.2) is 0 Å². The summed E-state index contributed by atoms with van der Waals surface area (Å²) in [5.41, 5.74) is 13.5. The molecule has 0 atom stereocenters. The third-order valence-corrected chi connectivity index (χ3v) is 16.0. The van der Waals surface area contributed by atoms with Crippen molar-refractivity contribution in [2.75, 3.05) is 0 Å². The Bertz CT molecular complexity index is 2370. The molecule has 0 N–H and O–H groups in total. The monoisotopic (exact) mass is 918 g/mol. The number of fused-ring (bicyclic) bond motifs is 2. The molecular formula is C56H58Cl2SiZr. The van der Waals surface area contributed by atoms with Crippen LogP contribution in [-0.2, 0) is 39.0 Å². The van der Waals surface area contributed by atoms with Crippen molar-refractivity contribution in [2.24, 2.45) is 0 Å². The number of hydrogen-bond donors (Lipinski definition) is 0. The molecule has 8 rings (SSSR count). The van der Waals surface area contributed by atoms with Crippen molar-refractivity contribution in [3.05, 3.63) is 169 Å². The van der Waals surface area contributed by atoms with E-state index in [0.717, 1.165) is 12.8 Å². The Morgan fingerprint density at radius 1 is 0.400 bits per heavy atom. The second-order valence-corrected chi connectivity index (χ2v) is 21.0. The fourth-order valence-corrected chi connectivity index (χ4v) is 13.3. The summed E-state index contributed by atoms with van der Waals surface area (Å²) >= 11 is 0. The fourth-order valence-electron chi connectivity index (χ4n) is 9.47. The minimum Gasteiger partial charge on any atom is -1.00 e. The van der Waals surface area contributed by atoms with Gasteiger partial charge >= 0.3 is 26.2 Å². The molecule has 8 aromatic rings. The van der Waals surface area contributed by atoms with Gasteiger partial charge in [-0.3, -0.25) is 0 Å². The van der Waals surface area contributed by atoms with E-state index in [0.29, 0.717) is 0 Å². The number of aryl methyl sites for hydroxylation is 2. The number of unbranched alkanes of at least 4 members (excludes halogenated alkanes) is 6. The largest absolute Gasteiger partial charge is 4.00 e. The molecule has 0 heterocycles. The Morgan fingerprint density at radius 3 is 1.15 bits per heavy atom. The molecule has 0 saturated heterocycles. The molecule has 8 aromatic carbocycles. The molecule has 0 aliphatic rings. The topological polar surface area (TPSA) is 0 Å². The molecular weight excluding hydrogens is 863 g/mol. The van der Waals surface area contributed by atoms with Crippen molar-refractivity contribution in [1.82, 2.24) is 0 Å². The first-order valence-electron chi connectivity index (χ1n) is 21.7. The van der Waals surface area contributed by atoms with E-state index in [-0.39, 0.29) is 51.0 Å². The summed E-state index contributed by atoms with van der Waals surface area (Å²) in [4.78, 5) is 0. The van der Waals surface area contributed by atoms with Crippen LogP contribution in [0.4, 0.5) is 0 Å². The van der Waals surface area contributed by atoms with Crippen LogP contribution in [-0.4, -0.2) is 8.07 Å². The van der Waals surface area contributed by atoms with Crippen LogP contribution in [0.15, 0.2) is 158 Å². The van der Waals surface area contributed by atoms with Crippen molar-refractivity contribution in [1.29, 1.82) is 0 Å². The third-order valence-electron chi connectivity index (χ3n) is 12.4. The Kier molecular flexibility index (Phi) is 17.2. The number of halogens is 2. The second kappa shape index (κ2) is 21.8. The van der Waals surface area contributed by atoms with E-state index < -0.39 is 8.07 Å². The van der Waals surface area contributed by atoms with E-state index in [1.54, 1.807) is 0 Å². The first-order valence-corrected chi connectivity index (χ1v) is 24.7. The van der Waals surface area contributed by atoms with Crippen LogP contribution in [0, 0.1) is 0 Å². The van der Waals surface area contributed by atoms with Crippen molar-refractivity contribution < 1.29 is 51.0 Å². The van der Waals surface area contributed by atoms with Gasteiger partial charge in [0.05, 0.1) is 0 Å². The van der Waals surface area contributed by atoms with Crippen molar-refractivity contribution >= 4 is 40.0 Å². The predicted molar refractivity (Wildman–Crippen MR) is 253 cm³/mol.